The molecule has 0 unspecified atom stereocenters. The molecule has 4 N–H and O–H groups in total. The summed E-state index contributed by atoms with van der Waals surface area (Å²) in [4.78, 5) is 4.22. The minimum absolute atomic E-state index is 0.00302. The highest BCUT2D eigenvalue weighted by atomic mass is 16.3. The van der Waals surface area contributed by atoms with Gasteiger partial charge in [0.05, 0.1) is 12.2 Å². The van der Waals surface area contributed by atoms with Gasteiger partial charge in [0.1, 0.15) is 11.5 Å². The molecule has 0 spiro atoms. The lowest BCUT2D eigenvalue weighted by molar-refractivity contribution is -0.0797. The number of aliphatic hydroxyl groups is 2. The molecule has 0 bridgehead atoms. The fourth-order valence-electron chi connectivity index (χ4n) is 8.68. The topological polar surface area (TPSA) is 87.4 Å². The Hall–Kier alpha value is -5.56. The monoisotopic (exact) mass is 831 g/mol. The Balaban J connectivity index is 1.18. The SMILES string of the molecule is CC(C)(C)c1ccc(N(c2ccc(C(C)(C)C)cc2)c2ccc(C3C(O)C(c4ccc(N(c5ccc(C(C)(C)C)cc5)c5ccc(C(C)(C)C)cc5)cc4O)C3O)c(O)c2)cc1. The van der Waals surface area contributed by atoms with Crippen molar-refractivity contribution < 1.29 is 20.4 Å². The van der Waals surface area contributed by atoms with Gasteiger partial charge in [0.2, 0.25) is 0 Å². The first-order chi connectivity index (χ1) is 28.9. The molecule has 6 heteroatoms. The smallest absolute Gasteiger partial charge is 0.121 e. The van der Waals surface area contributed by atoms with Crippen LogP contribution in [-0.4, -0.2) is 32.6 Å². The van der Waals surface area contributed by atoms with Gasteiger partial charge in [0, 0.05) is 69.2 Å². The summed E-state index contributed by atoms with van der Waals surface area (Å²) in [7, 11) is 0. The van der Waals surface area contributed by atoms with E-state index in [0.29, 0.717) is 11.1 Å². The molecule has 62 heavy (non-hydrogen) atoms. The van der Waals surface area contributed by atoms with Gasteiger partial charge in [-0.05, 0) is 105 Å². The van der Waals surface area contributed by atoms with E-state index < -0.39 is 24.0 Å². The third kappa shape index (κ3) is 8.86. The van der Waals surface area contributed by atoms with Crippen molar-refractivity contribution >= 4 is 34.1 Å². The van der Waals surface area contributed by atoms with Crippen molar-refractivity contribution in [2.45, 2.75) is 129 Å². The van der Waals surface area contributed by atoms with Crippen LogP contribution in [0.4, 0.5) is 34.1 Å². The van der Waals surface area contributed by atoms with E-state index in [1.165, 1.54) is 22.3 Å². The van der Waals surface area contributed by atoms with Gasteiger partial charge in [-0.25, -0.2) is 0 Å². The Morgan fingerprint density at radius 1 is 0.323 bits per heavy atom. The Bertz CT molecular complexity index is 2200. The fraction of sp³-hybridized carbons (Fsp3) is 0.357. The van der Waals surface area contributed by atoms with E-state index in [1.54, 1.807) is 24.3 Å². The zero-order chi connectivity index (χ0) is 45.1. The van der Waals surface area contributed by atoms with Crippen LogP contribution in [0, 0.1) is 0 Å². The summed E-state index contributed by atoms with van der Waals surface area (Å²) in [5, 5.41) is 46.8. The normalized spacial score (nSPS) is 18.3. The zero-order valence-corrected chi connectivity index (χ0v) is 38.7. The maximum Gasteiger partial charge on any atom is 0.121 e. The lowest BCUT2D eigenvalue weighted by atomic mass is 9.63. The Labute approximate surface area is 370 Å². The molecule has 0 heterocycles. The fourth-order valence-corrected chi connectivity index (χ4v) is 8.68. The van der Waals surface area contributed by atoms with Crippen LogP contribution in [0.15, 0.2) is 133 Å². The van der Waals surface area contributed by atoms with E-state index in [1.807, 2.05) is 12.1 Å². The van der Waals surface area contributed by atoms with Crippen LogP contribution in [-0.2, 0) is 21.7 Å². The number of anilines is 6. The highest BCUT2D eigenvalue weighted by Crippen LogP contribution is 2.53. The molecule has 6 aromatic rings. The summed E-state index contributed by atoms with van der Waals surface area (Å²) in [5.74, 6) is -1.54. The second-order valence-electron chi connectivity index (χ2n) is 21.4. The number of hydrogen-bond donors (Lipinski definition) is 4. The first kappa shape index (κ1) is 44.5. The maximum absolute atomic E-state index is 11.7. The number of rotatable bonds is 8. The lowest BCUT2D eigenvalue weighted by Crippen LogP contribution is -2.51. The summed E-state index contributed by atoms with van der Waals surface area (Å²) in [6.07, 6.45) is -2.09. The number of benzene rings is 6. The molecule has 0 radical (unpaired) electrons. The molecule has 6 nitrogen and oxygen atoms in total. The van der Waals surface area contributed by atoms with Crippen LogP contribution in [0.2, 0.25) is 0 Å². The van der Waals surface area contributed by atoms with Crippen molar-refractivity contribution in [2.75, 3.05) is 9.80 Å². The lowest BCUT2D eigenvalue weighted by Gasteiger charge is -2.47. The van der Waals surface area contributed by atoms with Crippen molar-refractivity contribution in [3.63, 3.8) is 0 Å². The van der Waals surface area contributed by atoms with Crippen molar-refractivity contribution in [3.8, 4) is 11.5 Å². The van der Waals surface area contributed by atoms with Gasteiger partial charge in [0.25, 0.3) is 0 Å². The van der Waals surface area contributed by atoms with Gasteiger partial charge in [-0.3, -0.25) is 0 Å². The molecular formula is C56H66N2O4. The summed E-state index contributed by atoms with van der Waals surface area (Å²) >= 11 is 0. The molecule has 324 valence electrons. The molecule has 0 atom stereocenters. The zero-order valence-electron chi connectivity index (χ0n) is 38.7. The molecule has 0 amide bonds. The predicted octanol–water partition coefficient (Wildman–Crippen LogP) is 13.8. The molecule has 0 aliphatic heterocycles. The van der Waals surface area contributed by atoms with Crippen LogP contribution >= 0.6 is 0 Å². The van der Waals surface area contributed by atoms with E-state index in [-0.39, 0.29) is 33.2 Å². The van der Waals surface area contributed by atoms with E-state index in [4.69, 9.17) is 0 Å². The first-order valence-corrected chi connectivity index (χ1v) is 22.0. The van der Waals surface area contributed by atoms with Gasteiger partial charge >= 0.3 is 0 Å². The number of nitrogens with zero attached hydrogens (tertiary/aromatic N) is 2. The van der Waals surface area contributed by atoms with Gasteiger partial charge < -0.3 is 30.2 Å². The van der Waals surface area contributed by atoms with Crippen LogP contribution in [0.1, 0.15) is 128 Å². The van der Waals surface area contributed by atoms with E-state index in [9.17, 15) is 20.4 Å². The first-order valence-electron chi connectivity index (χ1n) is 22.0. The molecule has 1 aliphatic carbocycles. The van der Waals surface area contributed by atoms with E-state index >= 15 is 0 Å². The summed E-state index contributed by atoms with van der Waals surface area (Å²) in [6, 6.07) is 44.9. The molecule has 0 saturated heterocycles. The van der Waals surface area contributed by atoms with Crippen molar-refractivity contribution in [2.24, 2.45) is 0 Å². The van der Waals surface area contributed by atoms with Gasteiger partial charge in [0.15, 0.2) is 0 Å². The van der Waals surface area contributed by atoms with Crippen LogP contribution < -0.4 is 9.80 Å². The second kappa shape index (κ2) is 16.3. The van der Waals surface area contributed by atoms with Gasteiger partial charge in [-0.15, -0.1) is 0 Å². The number of aliphatic hydroxyl groups excluding tert-OH is 2. The molecule has 1 saturated carbocycles. The minimum atomic E-state index is -1.05. The number of hydrogen-bond acceptors (Lipinski definition) is 6. The Kier molecular flexibility index (Phi) is 11.7. The quantitative estimate of drug-likeness (QED) is 0.122. The van der Waals surface area contributed by atoms with Crippen molar-refractivity contribution in [1.82, 2.24) is 0 Å². The molecule has 6 aromatic carbocycles. The molecule has 0 aromatic heterocycles. The highest BCUT2D eigenvalue weighted by molar-refractivity contribution is 5.79. The van der Waals surface area contributed by atoms with E-state index in [2.05, 4.69) is 190 Å². The maximum atomic E-state index is 11.7. The van der Waals surface area contributed by atoms with Crippen LogP contribution in [0.3, 0.4) is 0 Å². The molecular weight excluding hydrogens is 765 g/mol. The van der Waals surface area contributed by atoms with Gasteiger partial charge in [-0.2, -0.15) is 0 Å². The third-order valence-electron chi connectivity index (χ3n) is 12.7. The number of phenols is 2. The largest absolute Gasteiger partial charge is 0.508 e. The second-order valence-corrected chi connectivity index (χ2v) is 21.4. The van der Waals surface area contributed by atoms with Crippen LogP contribution in [0.25, 0.3) is 0 Å². The Morgan fingerprint density at radius 3 is 0.726 bits per heavy atom. The van der Waals surface area contributed by atoms with Crippen LogP contribution in [0.5, 0.6) is 11.5 Å². The summed E-state index contributed by atoms with van der Waals surface area (Å²) < 4.78 is 0. The molecule has 1 aliphatic rings. The van der Waals surface area contributed by atoms with Crippen molar-refractivity contribution in [1.29, 1.82) is 0 Å². The van der Waals surface area contributed by atoms with Gasteiger partial charge in [-0.1, -0.05) is 144 Å². The number of phenolic OH excluding ortho intramolecular Hbond substituents is 2. The molecule has 1 fully saturated rings. The third-order valence-corrected chi connectivity index (χ3v) is 12.7. The highest BCUT2D eigenvalue weighted by Gasteiger charge is 2.52. The summed E-state index contributed by atoms with van der Waals surface area (Å²) in [5.41, 5.74) is 11.1. The van der Waals surface area contributed by atoms with Crippen molar-refractivity contribution in [3.05, 3.63) is 167 Å². The predicted molar refractivity (Wildman–Crippen MR) is 258 cm³/mol. The average molecular weight is 831 g/mol. The Morgan fingerprint density at radius 2 is 0.532 bits per heavy atom. The van der Waals surface area contributed by atoms with E-state index in [0.717, 1.165) is 34.1 Å². The average Bonchev–Trinajstić information content (AvgIpc) is 3.19. The summed E-state index contributed by atoms with van der Waals surface area (Å²) in [6.45, 7) is 26.3. The minimum Gasteiger partial charge on any atom is -0.508 e. The number of aromatic hydroxyl groups is 2. The standard InChI is InChI=1S/C56H66N2O4/c1-53(2,3)35-13-21-39(22-14-35)57(40-23-15-36(16-24-40)54(4,5)6)43-29-31-45(47(59)33-43)49-51(61)50(52(49)62)46-32-30-44(34-48(46)60)58(41-25-17-37(18-26-41)55(7,8)9)42-27-19-38(20-28-42)56(10,11)12/h13-34,49-52,59-62H,1-12H3. The molecule has 7 rings (SSSR count).